The second kappa shape index (κ2) is 4.12. The van der Waals surface area contributed by atoms with Gasteiger partial charge in [0.2, 0.25) is 0 Å². The number of benzene rings is 1. The monoisotopic (exact) mass is 225 g/mol. The second-order valence-corrected chi connectivity index (χ2v) is 3.54. The molecule has 0 radical (unpaired) electrons. The Kier molecular flexibility index (Phi) is 2.81. The molecule has 84 valence electrons. The Bertz CT molecular complexity index is 444. The number of hydrogen-bond acceptors (Lipinski definition) is 1. The Labute approximate surface area is 91.3 Å². The van der Waals surface area contributed by atoms with Crippen LogP contribution in [0.5, 0.6) is 0 Å². The van der Waals surface area contributed by atoms with Crippen molar-refractivity contribution in [1.29, 1.82) is 0 Å². The van der Waals surface area contributed by atoms with Crippen LogP contribution in [0.3, 0.4) is 0 Å². The van der Waals surface area contributed by atoms with Gasteiger partial charge < -0.3 is 0 Å². The van der Waals surface area contributed by atoms with Gasteiger partial charge in [0.05, 0.1) is 5.56 Å². The van der Waals surface area contributed by atoms with E-state index in [1.165, 1.54) is 12.1 Å². The summed E-state index contributed by atoms with van der Waals surface area (Å²) in [6.07, 6.45) is 0.389. The molecule has 0 N–H and O–H groups in total. The molecule has 0 saturated heterocycles. The van der Waals surface area contributed by atoms with Crippen molar-refractivity contribution in [1.82, 2.24) is 0 Å². The maximum atomic E-state index is 12.7. The van der Waals surface area contributed by atoms with E-state index in [0.29, 0.717) is 12.1 Å². The lowest BCUT2D eigenvalue weighted by molar-refractivity contribution is -0.137. The minimum absolute atomic E-state index is 0.194. The summed E-state index contributed by atoms with van der Waals surface area (Å²) in [5.74, 6) is 0. The highest BCUT2D eigenvalue weighted by Gasteiger charge is 2.33. The molecule has 1 nitrogen and oxygen atoms in total. The molecule has 0 saturated carbocycles. The van der Waals surface area contributed by atoms with Crippen molar-refractivity contribution in [3.63, 3.8) is 0 Å². The van der Waals surface area contributed by atoms with Gasteiger partial charge in [-0.15, -0.1) is 0 Å². The molecule has 16 heavy (non-hydrogen) atoms. The summed E-state index contributed by atoms with van der Waals surface area (Å²) >= 11 is 0. The number of allylic oxidation sites excluding steroid dienone is 1. The van der Waals surface area contributed by atoms with Crippen molar-refractivity contribution in [3.8, 4) is 0 Å². The van der Waals surface area contributed by atoms with Crippen molar-refractivity contribution in [3.05, 3.63) is 47.7 Å². The highest BCUT2D eigenvalue weighted by Crippen LogP contribution is 2.33. The molecule has 1 aromatic rings. The minimum atomic E-state index is -4.32. The van der Waals surface area contributed by atoms with E-state index in [2.05, 4.69) is 4.99 Å². The summed E-state index contributed by atoms with van der Waals surface area (Å²) in [5.41, 5.74) is 0.0961. The summed E-state index contributed by atoms with van der Waals surface area (Å²) < 4.78 is 38.2. The summed E-state index contributed by atoms with van der Waals surface area (Å²) in [4.78, 5) is 4.01. The molecule has 0 fully saturated rings. The van der Waals surface area contributed by atoms with Crippen molar-refractivity contribution < 1.29 is 13.2 Å². The van der Waals surface area contributed by atoms with Gasteiger partial charge >= 0.3 is 6.18 Å². The summed E-state index contributed by atoms with van der Waals surface area (Å²) in [7, 11) is 0. The van der Waals surface area contributed by atoms with E-state index >= 15 is 0 Å². The fourth-order valence-corrected chi connectivity index (χ4v) is 1.69. The van der Waals surface area contributed by atoms with Gasteiger partial charge in [0.15, 0.2) is 0 Å². The van der Waals surface area contributed by atoms with Crippen LogP contribution in [0.15, 0.2) is 41.5 Å². The van der Waals surface area contributed by atoms with E-state index in [9.17, 15) is 13.2 Å². The molecule has 0 atom stereocenters. The fourth-order valence-electron chi connectivity index (χ4n) is 1.69. The van der Waals surface area contributed by atoms with Gasteiger partial charge in [-0.05, 0) is 18.9 Å². The lowest BCUT2D eigenvalue weighted by atomic mass is 9.98. The van der Waals surface area contributed by atoms with Gasteiger partial charge in [0.1, 0.15) is 0 Å². The number of halogens is 3. The van der Waals surface area contributed by atoms with E-state index in [1.54, 1.807) is 12.3 Å². The predicted octanol–water partition coefficient (Wildman–Crippen LogP) is 3.80. The van der Waals surface area contributed by atoms with Crippen LogP contribution in [0.25, 0.3) is 0 Å². The topological polar surface area (TPSA) is 12.4 Å². The molecule has 1 aliphatic heterocycles. The first kappa shape index (κ1) is 10.9. The number of hydrogen-bond donors (Lipinski definition) is 0. The standard InChI is InChI=1S/C12H10F3N/c13-12(14,15)10-6-2-1-5-9(10)11-7-3-4-8-16-11/h1-2,4-6,8H,3,7H2. The Morgan fingerprint density at radius 3 is 2.50 bits per heavy atom. The average molecular weight is 225 g/mol. The molecule has 0 unspecified atom stereocenters. The van der Waals surface area contributed by atoms with Gasteiger partial charge in [0.25, 0.3) is 0 Å². The van der Waals surface area contributed by atoms with Gasteiger partial charge in [-0.1, -0.05) is 24.3 Å². The molecule has 0 aliphatic carbocycles. The quantitative estimate of drug-likeness (QED) is 0.689. The summed E-state index contributed by atoms with van der Waals surface area (Å²) in [6, 6.07) is 5.56. The SMILES string of the molecule is FC(F)(F)c1ccccc1C1=NC=CCC1. The number of rotatable bonds is 1. The molecular weight excluding hydrogens is 215 g/mol. The molecule has 1 heterocycles. The van der Waals surface area contributed by atoms with E-state index in [0.717, 1.165) is 12.5 Å². The van der Waals surface area contributed by atoms with Crippen LogP contribution in [0.1, 0.15) is 24.0 Å². The summed E-state index contributed by atoms with van der Waals surface area (Å²) in [6.45, 7) is 0. The number of aliphatic imine (C=N–C) groups is 1. The maximum absolute atomic E-state index is 12.7. The average Bonchev–Trinajstić information content (AvgIpc) is 2.29. The third-order valence-electron chi connectivity index (χ3n) is 2.43. The minimum Gasteiger partial charge on any atom is -0.261 e. The highest BCUT2D eigenvalue weighted by molar-refractivity contribution is 6.02. The number of nitrogens with zero attached hydrogens (tertiary/aromatic N) is 1. The van der Waals surface area contributed by atoms with Crippen LogP contribution in [0.2, 0.25) is 0 Å². The van der Waals surface area contributed by atoms with Crippen LogP contribution >= 0.6 is 0 Å². The van der Waals surface area contributed by atoms with E-state index < -0.39 is 11.7 Å². The van der Waals surface area contributed by atoms with Gasteiger partial charge in [-0.25, -0.2) is 0 Å². The van der Waals surface area contributed by atoms with Crippen LogP contribution in [0, 0.1) is 0 Å². The summed E-state index contributed by atoms with van der Waals surface area (Å²) in [5, 5.41) is 0. The largest absolute Gasteiger partial charge is 0.417 e. The second-order valence-electron chi connectivity index (χ2n) is 3.54. The fraction of sp³-hybridized carbons (Fsp3) is 0.250. The van der Waals surface area contributed by atoms with E-state index in [-0.39, 0.29) is 5.56 Å². The normalized spacial score (nSPS) is 16.1. The van der Waals surface area contributed by atoms with Crippen molar-refractivity contribution >= 4 is 5.71 Å². The third kappa shape index (κ3) is 2.15. The Hall–Kier alpha value is -1.58. The predicted molar refractivity (Wildman–Crippen MR) is 56.4 cm³/mol. The molecule has 1 aromatic carbocycles. The lowest BCUT2D eigenvalue weighted by Gasteiger charge is -2.15. The van der Waals surface area contributed by atoms with Gasteiger partial charge in [0, 0.05) is 17.5 Å². The van der Waals surface area contributed by atoms with E-state index in [4.69, 9.17) is 0 Å². The smallest absolute Gasteiger partial charge is 0.261 e. The van der Waals surface area contributed by atoms with Crippen molar-refractivity contribution in [2.75, 3.05) is 0 Å². The number of alkyl halides is 3. The van der Waals surface area contributed by atoms with Gasteiger partial charge in [-0.2, -0.15) is 13.2 Å². The molecule has 0 spiro atoms. The maximum Gasteiger partial charge on any atom is 0.417 e. The van der Waals surface area contributed by atoms with Crippen LogP contribution in [-0.2, 0) is 6.18 Å². The van der Waals surface area contributed by atoms with Crippen molar-refractivity contribution in [2.45, 2.75) is 19.0 Å². The molecule has 0 amide bonds. The zero-order valence-electron chi connectivity index (χ0n) is 8.46. The van der Waals surface area contributed by atoms with Crippen LogP contribution in [0.4, 0.5) is 13.2 Å². The first-order valence-electron chi connectivity index (χ1n) is 4.97. The Morgan fingerprint density at radius 1 is 1.12 bits per heavy atom. The molecular formula is C12H10F3N. The first-order valence-corrected chi connectivity index (χ1v) is 4.97. The Morgan fingerprint density at radius 2 is 1.88 bits per heavy atom. The highest BCUT2D eigenvalue weighted by atomic mass is 19.4. The lowest BCUT2D eigenvalue weighted by Crippen LogP contribution is -2.14. The van der Waals surface area contributed by atoms with Crippen LogP contribution in [-0.4, -0.2) is 5.71 Å². The molecule has 0 aromatic heterocycles. The molecule has 2 rings (SSSR count). The van der Waals surface area contributed by atoms with Crippen LogP contribution < -0.4 is 0 Å². The van der Waals surface area contributed by atoms with E-state index in [1.807, 2.05) is 6.08 Å². The molecule has 4 heteroatoms. The first-order chi connectivity index (χ1) is 7.59. The molecule has 0 bridgehead atoms. The zero-order chi connectivity index (χ0) is 11.6. The van der Waals surface area contributed by atoms with Crippen molar-refractivity contribution in [2.24, 2.45) is 4.99 Å². The van der Waals surface area contributed by atoms with Gasteiger partial charge in [-0.3, -0.25) is 4.99 Å². The Balaban J connectivity index is 2.48. The zero-order valence-corrected chi connectivity index (χ0v) is 8.46. The third-order valence-corrected chi connectivity index (χ3v) is 2.43. The molecule has 1 aliphatic rings.